The molecule has 0 amide bonds. The van der Waals surface area contributed by atoms with E-state index in [0.717, 1.165) is 34.4 Å². The minimum atomic E-state index is -1.08. The predicted octanol–water partition coefficient (Wildman–Crippen LogP) is 7.10. The van der Waals surface area contributed by atoms with Crippen LogP contribution in [0.5, 0.6) is 28.7 Å². The third kappa shape index (κ3) is 5.37. The van der Waals surface area contributed by atoms with E-state index in [0.29, 0.717) is 47.3 Å². The monoisotopic (exact) mass is 478 g/mol. The Labute approximate surface area is 207 Å². The van der Waals surface area contributed by atoms with Crippen molar-refractivity contribution >= 4 is 5.97 Å². The summed E-state index contributed by atoms with van der Waals surface area (Å²) in [5, 5.41) is 10.1. The third-order valence-electron chi connectivity index (χ3n) is 5.96. The van der Waals surface area contributed by atoms with Crippen molar-refractivity contribution in [1.29, 1.82) is 0 Å². The van der Waals surface area contributed by atoms with Gasteiger partial charge in [-0.05, 0) is 63.8 Å². The van der Waals surface area contributed by atoms with E-state index in [-0.39, 0.29) is 5.56 Å². The third-order valence-corrected chi connectivity index (χ3v) is 5.96. The molecule has 0 radical (unpaired) electrons. The highest BCUT2D eigenvalue weighted by molar-refractivity contribution is 5.95. The lowest BCUT2D eigenvalue weighted by Gasteiger charge is -2.24. The molecule has 1 N–H and O–H groups in total. The second-order valence-electron chi connectivity index (χ2n) is 8.64. The first-order chi connectivity index (χ1) is 16.7. The average molecular weight is 479 g/mol. The van der Waals surface area contributed by atoms with Crippen LogP contribution in [-0.2, 0) is 6.61 Å². The molecule has 0 aromatic heterocycles. The van der Waals surface area contributed by atoms with Gasteiger partial charge in [0, 0.05) is 16.7 Å². The van der Waals surface area contributed by atoms with Crippen LogP contribution in [0.3, 0.4) is 0 Å². The van der Waals surface area contributed by atoms with Crippen molar-refractivity contribution in [2.24, 2.45) is 0 Å². The van der Waals surface area contributed by atoms with Gasteiger partial charge in [-0.15, -0.1) is 0 Å². The van der Waals surface area contributed by atoms with Gasteiger partial charge in [0.15, 0.2) is 11.5 Å². The van der Waals surface area contributed by atoms with Gasteiger partial charge >= 0.3 is 5.97 Å². The molecule has 6 nitrogen and oxygen atoms in total. The standard InChI is InChI=1S/C29H34O6/c1-8-14-33-26-21(6)27(34-16-22-12-10-9-11-13-22)28(19(4)23(26)29(30)31)35-25-18(3)15-17(2)24(32-7)20(25)5/h9-13,15H,8,14,16H2,1-7H3,(H,30,31). The van der Waals surface area contributed by atoms with Crippen molar-refractivity contribution < 1.29 is 28.8 Å². The van der Waals surface area contributed by atoms with Crippen LogP contribution in [0.25, 0.3) is 0 Å². The van der Waals surface area contributed by atoms with Crippen molar-refractivity contribution in [3.05, 3.63) is 75.3 Å². The number of methoxy groups -OCH3 is 1. The van der Waals surface area contributed by atoms with Crippen molar-refractivity contribution in [2.75, 3.05) is 13.7 Å². The molecule has 35 heavy (non-hydrogen) atoms. The molecular weight excluding hydrogens is 444 g/mol. The van der Waals surface area contributed by atoms with E-state index in [2.05, 4.69) is 0 Å². The summed E-state index contributed by atoms with van der Waals surface area (Å²) in [5.41, 5.74) is 4.83. The van der Waals surface area contributed by atoms with Gasteiger partial charge in [0.2, 0.25) is 0 Å². The van der Waals surface area contributed by atoms with E-state index in [1.54, 1.807) is 21.0 Å². The van der Waals surface area contributed by atoms with Crippen LogP contribution in [0.15, 0.2) is 36.4 Å². The second kappa shape index (κ2) is 11.2. The summed E-state index contributed by atoms with van der Waals surface area (Å²) in [6.45, 7) is 12.1. The average Bonchev–Trinajstić information content (AvgIpc) is 2.82. The SMILES string of the molecule is CCCOc1c(C)c(OCc2ccccc2)c(Oc2c(C)cc(C)c(OC)c2C)c(C)c1C(=O)O. The lowest BCUT2D eigenvalue weighted by atomic mass is 10.00. The summed E-state index contributed by atoms with van der Waals surface area (Å²) >= 11 is 0. The molecule has 0 aliphatic rings. The van der Waals surface area contributed by atoms with Crippen molar-refractivity contribution in [1.82, 2.24) is 0 Å². The van der Waals surface area contributed by atoms with Gasteiger partial charge in [-0.1, -0.05) is 37.3 Å². The van der Waals surface area contributed by atoms with Gasteiger partial charge in [0.25, 0.3) is 0 Å². The molecule has 6 heteroatoms. The number of benzene rings is 3. The minimum Gasteiger partial charge on any atom is -0.496 e. The Hall–Kier alpha value is -3.67. The number of carbonyl (C=O) groups is 1. The molecule has 3 rings (SSSR count). The molecule has 0 aliphatic heterocycles. The highest BCUT2D eigenvalue weighted by atomic mass is 16.5. The van der Waals surface area contributed by atoms with Crippen molar-refractivity contribution in [3.63, 3.8) is 0 Å². The number of carboxylic acids is 1. The first-order valence-electron chi connectivity index (χ1n) is 11.7. The first-order valence-corrected chi connectivity index (χ1v) is 11.7. The lowest BCUT2D eigenvalue weighted by molar-refractivity contribution is 0.0690. The Balaban J connectivity index is 2.22. The summed E-state index contributed by atoms with van der Waals surface area (Å²) in [5.74, 6) is 1.39. The van der Waals surface area contributed by atoms with Crippen molar-refractivity contribution in [3.8, 4) is 28.7 Å². The van der Waals surface area contributed by atoms with Crippen molar-refractivity contribution in [2.45, 2.75) is 54.6 Å². The van der Waals surface area contributed by atoms with Gasteiger partial charge in [-0.3, -0.25) is 0 Å². The number of ether oxygens (including phenoxy) is 4. The number of hydrogen-bond donors (Lipinski definition) is 1. The lowest BCUT2D eigenvalue weighted by Crippen LogP contribution is -2.12. The van der Waals surface area contributed by atoms with Gasteiger partial charge in [0.05, 0.1) is 13.7 Å². The molecule has 0 aliphatic carbocycles. The maximum atomic E-state index is 12.3. The molecule has 3 aromatic rings. The molecule has 0 atom stereocenters. The van der Waals surface area contributed by atoms with Crippen LogP contribution in [0.1, 0.15) is 57.1 Å². The summed E-state index contributed by atoms with van der Waals surface area (Å²) in [4.78, 5) is 12.3. The normalized spacial score (nSPS) is 10.7. The summed E-state index contributed by atoms with van der Waals surface area (Å²) in [6, 6.07) is 11.8. The molecule has 0 bridgehead atoms. The maximum absolute atomic E-state index is 12.3. The zero-order valence-corrected chi connectivity index (χ0v) is 21.6. The quantitative estimate of drug-likeness (QED) is 0.335. The topological polar surface area (TPSA) is 74.2 Å². The molecule has 0 spiro atoms. The Morgan fingerprint density at radius 3 is 2.03 bits per heavy atom. The van der Waals surface area contributed by atoms with Gasteiger partial charge < -0.3 is 24.1 Å². The fraction of sp³-hybridized carbons (Fsp3) is 0.345. The summed E-state index contributed by atoms with van der Waals surface area (Å²) < 4.78 is 24.3. The van der Waals surface area contributed by atoms with E-state index in [4.69, 9.17) is 18.9 Å². The van der Waals surface area contributed by atoms with Crippen LogP contribution in [-0.4, -0.2) is 24.8 Å². The van der Waals surface area contributed by atoms with Gasteiger partial charge in [0.1, 0.15) is 29.4 Å². The smallest absolute Gasteiger partial charge is 0.339 e. The summed E-state index contributed by atoms with van der Waals surface area (Å²) in [6.07, 6.45) is 0.748. The van der Waals surface area contributed by atoms with Crippen LogP contribution in [0.4, 0.5) is 0 Å². The van der Waals surface area contributed by atoms with E-state index in [9.17, 15) is 9.90 Å². The fourth-order valence-corrected chi connectivity index (χ4v) is 4.31. The minimum absolute atomic E-state index is 0.0763. The van der Waals surface area contributed by atoms with E-state index < -0.39 is 5.97 Å². The Morgan fingerprint density at radius 1 is 0.800 bits per heavy atom. The molecule has 0 heterocycles. The highest BCUT2D eigenvalue weighted by Gasteiger charge is 2.28. The first kappa shape index (κ1) is 25.9. The van der Waals surface area contributed by atoms with E-state index in [1.807, 2.05) is 64.1 Å². The number of carboxylic acid groups (broad SMARTS) is 1. The number of aryl methyl sites for hydroxylation is 2. The largest absolute Gasteiger partial charge is 0.496 e. The van der Waals surface area contributed by atoms with E-state index >= 15 is 0 Å². The van der Waals surface area contributed by atoms with Crippen LogP contribution in [0, 0.1) is 34.6 Å². The molecule has 0 unspecified atom stereocenters. The molecule has 0 saturated carbocycles. The van der Waals surface area contributed by atoms with Crippen LogP contribution >= 0.6 is 0 Å². The molecule has 3 aromatic carbocycles. The second-order valence-corrected chi connectivity index (χ2v) is 8.64. The Bertz CT molecular complexity index is 1210. The van der Waals surface area contributed by atoms with Crippen LogP contribution in [0.2, 0.25) is 0 Å². The molecular formula is C29H34O6. The molecule has 0 saturated heterocycles. The van der Waals surface area contributed by atoms with Crippen LogP contribution < -0.4 is 18.9 Å². The number of aromatic carboxylic acids is 1. The Morgan fingerprint density at radius 2 is 1.43 bits per heavy atom. The predicted molar refractivity (Wildman–Crippen MR) is 137 cm³/mol. The molecule has 0 fully saturated rings. The van der Waals surface area contributed by atoms with Gasteiger partial charge in [-0.2, -0.15) is 0 Å². The number of hydrogen-bond acceptors (Lipinski definition) is 5. The number of rotatable bonds is 10. The molecule has 186 valence electrons. The zero-order valence-electron chi connectivity index (χ0n) is 21.6. The fourth-order valence-electron chi connectivity index (χ4n) is 4.31. The highest BCUT2D eigenvalue weighted by Crippen LogP contribution is 2.48. The zero-order chi connectivity index (χ0) is 25.7. The van der Waals surface area contributed by atoms with E-state index in [1.165, 1.54) is 0 Å². The summed E-state index contributed by atoms with van der Waals surface area (Å²) in [7, 11) is 1.63. The van der Waals surface area contributed by atoms with Gasteiger partial charge in [-0.25, -0.2) is 4.79 Å². The maximum Gasteiger partial charge on any atom is 0.339 e. The Kier molecular flexibility index (Phi) is 8.28.